The first-order chi connectivity index (χ1) is 13.9. The van der Waals surface area contributed by atoms with Gasteiger partial charge < -0.3 is 18.9 Å². The van der Waals surface area contributed by atoms with Crippen molar-refractivity contribution in [1.29, 1.82) is 0 Å². The molecule has 0 aromatic heterocycles. The van der Waals surface area contributed by atoms with Crippen molar-refractivity contribution >= 4 is 29.6 Å². The lowest BCUT2D eigenvalue weighted by Crippen LogP contribution is -2.34. The Bertz CT molecular complexity index is 868. The number of amides is 2. The highest BCUT2D eigenvalue weighted by molar-refractivity contribution is 6.30. The molecule has 29 heavy (non-hydrogen) atoms. The molecule has 0 radical (unpaired) electrons. The molecule has 0 spiro atoms. The van der Waals surface area contributed by atoms with Gasteiger partial charge in [0, 0.05) is 5.02 Å². The van der Waals surface area contributed by atoms with Gasteiger partial charge in [0.05, 0.1) is 19.3 Å². The number of alkyl carbamates (subject to hydrolysis) is 1. The number of ether oxygens (including phenoxy) is 4. The fourth-order valence-corrected chi connectivity index (χ4v) is 2.31. The zero-order chi connectivity index (χ0) is 21.2. The number of hydrogen-bond acceptors (Lipinski definition) is 7. The topological polar surface area (TPSA) is 100 Å². The molecule has 8 nitrogen and oxygen atoms in total. The highest BCUT2D eigenvalue weighted by Gasteiger charge is 2.15. The molecule has 2 rings (SSSR count). The number of hydrogen-bond donors (Lipinski definition) is 1. The van der Waals surface area contributed by atoms with Gasteiger partial charge in [-0.05, 0) is 42.8 Å². The van der Waals surface area contributed by atoms with Crippen LogP contribution in [0.25, 0.3) is 0 Å². The third kappa shape index (κ3) is 7.00. The van der Waals surface area contributed by atoms with Crippen LogP contribution in [0, 0.1) is 0 Å². The van der Waals surface area contributed by atoms with Gasteiger partial charge >= 0.3 is 12.1 Å². The fourth-order valence-electron chi connectivity index (χ4n) is 2.19. The molecular formula is C20H20ClNO7. The fraction of sp³-hybridized carbons (Fsp3) is 0.250. The van der Waals surface area contributed by atoms with Gasteiger partial charge in [-0.25, -0.2) is 9.59 Å². The van der Waals surface area contributed by atoms with Crippen molar-refractivity contribution in [3.63, 3.8) is 0 Å². The molecule has 0 bridgehead atoms. The number of rotatable bonds is 8. The third-order valence-electron chi connectivity index (χ3n) is 3.56. The second-order valence-electron chi connectivity index (χ2n) is 5.63. The number of carbonyl (C=O) groups is 3. The molecule has 1 N–H and O–H groups in total. The van der Waals surface area contributed by atoms with E-state index in [1.54, 1.807) is 25.1 Å². The van der Waals surface area contributed by atoms with Gasteiger partial charge in [0.15, 0.2) is 18.1 Å². The van der Waals surface area contributed by atoms with E-state index in [1.807, 2.05) is 17.4 Å². The van der Waals surface area contributed by atoms with Crippen molar-refractivity contribution < 1.29 is 33.3 Å². The lowest BCUT2D eigenvalue weighted by atomic mass is 10.2. The van der Waals surface area contributed by atoms with Crippen LogP contribution in [0.3, 0.4) is 0 Å². The van der Waals surface area contributed by atoms with Gasteiger partial charge in [0.25, 0.3) is 5.91 Å². The summed E-state index contributed by atoms with van der Waals surface area (Å²) in [5.74, 6) is -0.804. The molecule has 0 fully saturated rings. The molecule has 2 amide bonds. The normalized spacial score (nSPS) is 10.0. The Balaban J connectivity index is 1.94. The average molecular weight is 422 g/mol. The van der Waals surface area contributed by atoms with Crippen molar-refractivity contribution in [3.05, 3.63) is 58.6 Å². The Kier molecular flexibility index (Phi) is 8.29. The first-order valence-corrected chi connectivity index (χ1v) is 8.99. The Morgan fingerprint density at radius 2 is 1.72 bits per heavy atom. The summed E-state index contributed by atoms with van der Waals surface area (Å²) in [5.41, 5.74) is 1.07. The molecule has 0 saturated heterocycles. The van der Waals surface area contributed by atoms with Crippen molar-refractivity contribution in [2.75, 3.05) is 20.3 Å². The molecule has 0 aliphatic carbocycles. The Morgan fingerprint density at radius 1 is 1.00 bits per heavy atom. The predicted molar refractivity (Wildman–Crippen MR) is 104 cm³/mol. The van der Waals surface area contributed by atoms with Crippen molar-refractivity contribution in [2.24, 2.45) is 0 Å². The quantitative estimate of drug-likeness (QED) is 0.652. The summed E-state index contributed by atoms with van der Waals surface area (Å²) in [6, 6.07) is 11.7. The van der Waals surface area contributed by atoms with Crippen LogP contribution in [0.2, 0.25) is 5.02 Å². The van der Waals surface area contributed by atoms with Crippen LogP contribution >= 0.6 is 11.6 Å². The first-order valence-electron chi connectivity index (χ1n) is 8.62. The minimum Gasteiger partial charge on any atom is -0.493 e. The van der Waals surface area contributed by atoms with Gasteiger partial charge in [0.1, 0.15) is 6.61 Å². The Morgan fingerprint density at radius 3 is 2.38 bits per heavy atom. The Labute approximate surface area is 172 Å². The molecule has 154 valence electrons. The number of methoxy groups -OCH3 is 1. The number of benzene rings is 2. The number of esters is 1. The summed E-state index contributed by atoms with van der Waals surface area (Å²) >= 11 is 5.86. The molecule has 0 saturated carbocycles. The van der Waals surface area contributed by atoms with Crippen LogP contribution in [0.1, 0.15) is 22.8 Å². The van der Waals surface area contributed by atoms with Crippen LogP contribution in [0.4, 0.5) is 4.79 Å². The second kappa shape index (κ2) is 10.9. The molecule has 0 unspecified atom stereocenters. The number of imide groups is 1. The summed E-state index contributed by atoms with van der Waals surface area (Å²) in [4.78, 5) is 34.8. The van der Waals surface area contributed by atoms with Crippen LogP contribution in [-0.4, -0.2) is 38.3 Å². The van der Waals surface area contributed by atoms with E-state index in [4.69, 9.17) is 25.8 Å². The molecule has 2 aromatic rings. The molecule has 0 atom stereocenters. The second-order valence-corrected chi connectivity index (χ2v) is 6.06. The Hall–Kier alpha value is -3.26. The van der Waals surface area contributed by atoms with E-state index in [-0.39, 0.29) is 18.8 Å². The number of carbonyl (C=O) groups excluding carboxylic acids is 3. The van der Waals surface area contributed by atoms with E-state index in [9.17, 15) is 14.4 Å². The molecular weight excluding hydrogens is 402 g/mol. The first kappa shape index (κ1) is 22.0. The zero-order valence-electron chi connectivity index (χ0n) is 15.9. The highest BCUT2D eigenvalue weighted by Crippen LogP contribution is 2.29. The average Bonchev–Trinajstić information content (AvgIpc) is 2.71. The maximum Gasteiger partial charge on any atom is 0.413 e. The third-order valence-corrected chi connectivity index (χ3v) is 3.81. The minimum absolute atomic E-state index is 0.116. The van der Waals surface area contributed by atoms with Gasteiger partial charge in [-0.2, -0.15) is 0 Å². The van der Waals surface area contributed by atoms with Crippen LogP contribution in [0.5, 0.6) is 11.5 Å². The predicted octanol–water partition coefficient (Wildman–Crippen LogP) is 3.36. The molecule has 0 aliphatic heterocycles. The van der Waals surface area contributed by atoms with Gasteiger partial charge in [0.2, 0.25) is 0 Å². The minimum atomic E-state index is -0.905. The van der Waals surface area contributed by atoms with Gasteiger partial charge in [-0.1, -0.05) is 23.7 Å². The molecule has 9 heteroatoms. The molecule has 0 aliphatic rings. The zero-order valence-corrected chi connectivity index (χ0v) is 16.7. The summed E-state index contributed by atoms with van der Waals surface area (Å²) in [5, 5.41) is 2.55. The van der Waals surface area contributed by atoms with E-state index in [0.717, 1.165) is 5.56 Å². The lowest BCUT2D eigenvalue weighted by molar-refractivity contribution is -0.123. The van der Waals surface area contributed by atoms with Crippen LogP contribution in [-0.2, 0) is 20.9 Å². The monoisotopic (exact) mass is 421 g/mol. The van der Waals surface area contributed by atoms with Crippen LogP contribution < -0.4 is 14.8 Å². The van der Waals surface area contributed by atoms with Crippen molar-refractivity contribution in [2.45, 2.75) is 13.5 Å². The van der Waals surface area contributed by atoms with Gasteiger partial charge in [-0.3, -0.25) is 10.1 Å². The summed E-state index contributed by atoms with van der Waals surface area (Å²) in [7, 11) is 1.44. The number of halogens is 1. The van der Waals surface area contributed by atoms with E-state index >= 15 is 0 Å². The van der Waals surface area contributed by atoms with Crippen LogP contribution in [0.15, 0.2) is 42.5 Å². The highest BCUT2D eigenvalue weighted by atomic mass is 35.5. The van der Waals surface area contributed by atoms with E-state index in [2.05, 4.69) is 4.74 Å². The summed E-state index contributed by atoms with van der Waals surface area (Å²) in [6.45, 7) is 1.37. The largest absolute Gasteiger partial charge is 0.493 e. The standard InChI is InChI=1S/C20H20ClNO7/c1-3-27-20(25)22-18(23)12-29-19(24)14-6-9-16(17(10-14)26-2)28-11-13-4-7-15(21)8-5-13/h4-10H,3,11-12H2,1-2H3,(H,22,23,25). The summed E-state index contributed by atoms with van der Waals surface area (Å²) < 4.78 is 20.4. The maximum atomic E-state index is 12.1. The number of nitrogens with one attached hydrogen (secondary N) is 1. The summed E-state index contributed by atoms with van der Waals surface area (Å²) in [6.07, 6.45) is -0.905. The van der Waals surface area contributed by atoms with E-state index < -0.39 is 24.6 Å². The van der Waals surface area contributed by atoms with Crippen molar-refractivity contribution in [3.8, 4) is 11.5 Å². The SMILES string of the molecule is CCOC(=O)NC(=O)COC(=O)c1ccc(OCc2ccc(Cl)cc2)c(OC)c1. The molecule has 2 aromatic carbocycles. The van der Waals surface area contributed by atoms with Gasteiger partial charge in [-0.15, -0.1) is 0 Å². The van der Waals surface area contributed by atoms with Crippen molar-refractivity contribution in [1.82, 2.24) is 5.32 Å². The van der Waals surface area contributed by atoms with E-state index in [1.165, 1.54) is 19.2 Å². The molecule has 0 heterocycles. The maximum absolute atomic E-state index is 12.1. The van der Waals surface area contributed by atoms with E-state index in [0.29, 0.717) is 16.5 Å². The smallest absolute Gasteiger partial charge is 0.413 e. The lowest BCUT2D eigenvalue weighted by Gasteiger charge is -2.12.